The lowest BCUT2D eigenvalue weighted by molar-refractivity contribution is 0.000809. The zero-order valence-corrected chi connectivity index (χ0v) is 14.1. The van der Waals surface area contributed by atoms with Crippen LogP contribution in [0.15, 0.2) is 30.5 Å². The number of aromatic nitrogens is 1. The number of ether oxygens (including phenoxy) is 1. The topological polar surface area (TPSA) is 51.4 Å². The summed E-state index contributed by atoms with van der Waals surface area (Å²) in [6, 6.07) is 7.17. The second kappa shape index (κ2) is 5.95. The molecule has 1 aromatic carbocycles. The second-order valence-corrected chi connectivity index (χ2v) is 6.87. The zero-order valence-electron chi connectivity index (χ0n) is 14.1. The number of aryl methyl sites for hydroxylation is 1. The fourth-order valence-electron chi connectivity index (χ4n) is 3.88. The van der Waals surface area contributed by atoms with Crippen LogP contribution in [0.1, 0.15) is 11.3 Å². The number of nitrogens with two attached hydrogens (primary N) is 1. The number of pyridine rings is 1. The van der Waals surface area contributed by atoms with Gasteiger partial charge in [-0.25, -0.2) is 8.78 Å². The van der Waals surface area contributed by atoms with Crippen LogP contribution in [0.25, 0.3) is 11.1 Å². The molecular formula is C19H21F2N3O. The van der Waals surface area contributed by atoms with Crippen molar-refractivity contribution in [2.24, 2.45) is 0 Å². The molecule has 0 radical (unpaired) electrons. The van der Waals surface area contributed by atoms with E-state index in [0.717, 1.165) is 28.1 Å². The van der Waals surface area contributed by atoms with Crippen LogP contribution >= 0.6 is 0 Å². The number of rotatable bonds is 2. The average Bonchev–Trinajstić information content (AvgIpc) is 2.64. The van der Waals surface area contributed by atoms with Gasteiger partial charge >= 0.3 is 0 Å². The molecule has 4 rings (SSSR count). The summed E-state index contributed by atoms with van der Waals surface area (Å²) < 4.78 is 34.0. The molecule has 0 aliphatic carbocycles. The molecule has 25 heavy (non-hydrogen) atoms. The van der Waals surface area contributed by atoms with Crippen LogP contribution in [0.4, 0.5) is 20.2 Å². The van der Waals surface area contributed by atoms with Gasteiger partial charge in [0.15, 0.2) is 5.67 Å². The molecule has 2 aromatic rings. The van der Waals surface area contributed by atoms with Crippen LogP contribution < -0.4 is 10.6 Å². The number of anilines is 2. The lowest BCUT2D eigenvalue weighted by atomic mass is 9.82. The highest BCUT2D eigenvalue weighted by Crippen LogP contribution is 2.42. The van der Waals surface area contributed by atoms with Crippen molar-refractivity contribution in [1.29, 1.82) is 0 Å². The van der Waals surface area contributed by atoms with E-state index < -0.39 is 18.4 Å². The first-order valence-electron chi connectivity index (χ1n) is 8.46. The first-order valence-corrected chi connectivity index (χ1v) is 8.46. The standard InChI is InChI=1S/C19H21F2N3O/c1-12-16(7-15(22)9-23-12)13-2-3-14-8-19(21,11-20)18-10-25-5-4-24(18)17(14)6-13/h2-3,6-7,9,18H,4-5,8,10-11,22H2,1H3. The van der Waals surface area contributed by atoms with E-state index in [1.54, 1.807) is 6.20 Å². The molecule has 6 heteroatoms. The van der Waals surface area contributed by atoms with Gasteiger partial charge in [0.2, 0.25) is 0 Å². The molecule has 1 aromatic heterocycles. The molecule has 132 valence electrons. The smallest absolute Gasteiger partial charge is 0.165 e. The molecule has 2 unspecified atom stereocenters. The van der Waals surface area contributed by atoms with Crippen molar-refractivity contribution < 1.29 is 13.5 Å². The summed E-state index contributed by atoms with van der Waals surface area (Å²) in [4.78, 5) is 6.28. The van der Waals surface area contributed by atoms with Crippen molar-refractivity contribution in [3.05, 3.63) is 41.7 Å². The summed E-state index contributed by atoms with van der Waals surface area (Å²) in [5.41, 5.74) is 9.18. The Balaban J connectivity index is 1.81. The van der Waals surface area contributed by atoms with Gasteiger partial charge in [-0.2, -0.15) is 0 Å². The predicted molar refractivity (Wildman–Crippen MR) is 94.3 cm³/mol. The number of fused-ring (bicyclic) bond motifs is 3. The Kier molecular flexibility index (Phi) is 3.87. The van der Waals surface area contributed by atoms with Crippen molar-refractivity contribution in [2.75, 3.05) is 37.1 Å². The highest BCUT2D eigenvalue weighted by atomic mass is 19.2. The lowest BCUT2D eigenvalue weighted by Crippen LogP contribution is -2.61. The second-order valence-electron chi connectivity index (χ2n) is 6.87. The van der Waals surface area contributed by atoms with Gasteiger partial charge in [-0.3, -0.25) is 4.98 Å². The maximum atomic E-state index is 15.1. The summed E-state index contributed by atoms with van der Waals surface area (Å²) in [6.45, 7) is 2.21. The fraction of sp³-hybridized carbons (Fsp3) is 0.421. The number of nitrogens with zero attached hydrogens (tertiary/aromatic N) is 2. The van der Waals surface area contributed by atoms with Crippen molar-refractivity contribution in [2.45, 2.75) is 25.1 Å². The minimum atomic E-state index is -1.90. The number of nitrogen functional groups attached to an aromatic ring is 1. The van der Waals surface area contributed by atoms with Crippen LogP contribution in [-0.2, 0) is 11.2 Å². The van der Waals surface area contributed by atoms with Crippen LogP contribution in [0.2, 0.25) is 0 Å². The summed E-state index contributed by atoms with van der Waals surface area (Å²) >= 11 is 0. The van der Waals surface area contributed by atoms with Gasteiger partial charge in [0.25, 0.3) is 0 Å². The maximum absolute atomic E-state index is 15.1. The lowest BCUT2D eigenvalue weighted by Gasteiger charge is -2.48. The molecule has 2 N–H and O–H groups in total. The van der Waals surface area contributed by atoms with Crippen molar-refractivity contribution in [1.82, 2.24) is 4.98 Å². The molecular weight excluding hydrogens is 324 g/mol. The Labute approximate surface area is 145 Å². The van der Waals surface area contributed by atoms with Crippen LogP contribution in [0, 0.1) is 6.92 Å². The van der Waals surface area contributed by atoms with Gasteiger partial charge in [-0.05, 0) is 30.2 Å². The zero-order chi connectivity index (χ0) is 17.6. The SMILES string of the molecule is Cc1ncc(N)cc1-c1ccc2c(c1)N1CCOCC1C(F)(CF)C2. The van der Waals surface area contributed by atoms with E-state index in [1.165, 1.54) is 0 Å². The van der Waals surface area contributed by atoms with E-state index in [4.69, 9.17) is 10.5 Å². The normalized spacial score (nSPS) is 25.4. The third-order valence-corrected chi connectivity index (χ3v) is 5.25. The highest BCUT2D eigenvalue weighted by molar-refractivity contribution is 5.75. The minimum Gasteiger partial charge on any atom is -0.397 e. The minimum absolute atomic E-state index is 0.0673. The molecule has 0 saturated carbocycles. The molecule has 2 aliphatic heterocycles. The average molecular weight is 345 g/mol. The Morgan fingerprint density at radius 2 is 2.24 bits per heavy atom. The van der Waals surface area contributed by atoms with Crippen LogP contribution in [-0.4, -0.2) is 43.1 Å². The Hall–Kier alpha value is -2.21. The van der Waals surface area contributed by atoms with Gasteiger partial charge in [0, 0.05) is 29.9 Å². The molecule has 1 fully saturated rings. The maximum Gasteiger partial charge on any atom is 0.165 e. The van der Waals surface area contributed by atoms with E-state index >= 15 is 4.39 Å². The van der Waals surface area contributed by atoms with Crippen molar-refractivity contribution >= 4 is 11.4 Å². The largest absolute Gasteiger partial charge is 0.397 e. The molecule has 2 atom stereocenters. The molecule has 1 saturated heterocycles. The monoisotopic (exact) mass is 345 g/mol. The Bertz CT molecular complexity index is 813. The van der Waals surface area contributed by atoms with Crippen LogP contribution in [0.5, 0.6) is 0 Å². The summed E-state index contributed by atoms with van der Waals surface area (Å²) in [7, 11) is 0. The van der Waals surface area contributed by atoms with E-state index in [0.29, 0.717) is 18.8 Å². The molecule has 3 heterocycles. The molecule has 4 nitrogen and oxygen atoms in total. The number of halogens is 2. The van der Waals surface area contributed by atoms with E-state index in [2.05, 4.69) is 4.98 Å². The number of morpholine rings is 1. The highest BCUT2D eigenvalue weighted by Gasteiger charge is 2.48. The van der Waals surface area contributed by atoms with E-state index in [1.807, 2.05) is 36.1 Å². The third-order valence-electron chi connectivity index (χ3n) is 5.25. The fourth-order valence-corrected chi connectivity index (χ4v) is 3.88. The van der Waals surface area contributed by atoms with Crippen molar-refractivity contribution in [3.8, 4) is 11.1 Å². The molecule has 0 bridgehead atoms. The summed E-state index contributed by atoms with van der Waals surface area (Å²) in [5.74, 6) is 0. The summed E-state index contributed by atoms with van der Waals surface area (Å²) in [5, 5.41) is 0. The van der Waals surface area contributed by atoms with Gasteiger partial charge < -0.3 is 15.4 Å². The van der Waals surface area contributed by atoms with E-state index in [-0.39, 0.29) is 13.0 Å². The number of hydrogen-bond donors (Lipinski definition) is 1. The van der Waals surface area contributed by atoms with E-state index in [9.17, 15) is 4.39 Å². The number of alkyl halides is 2. The molecule has 0 spiro atoms. The third kappa shape index (κ3) is 2.65. The first-order chi connectivity index (χ1) is 12.0. The van der Waals surface area contributed by atoms with Gasteiger partial charge in [-0.1, -0.05) is 12.1 Å². The van der Waals surface area contributed by atoms with Gasteiger partial charge in [-0.15, -0.1) is 0 Å². The van der Waals surface area contributed by atoms with Gasteiger partial charge in [0.1, 0.15) is 6.67 Å². The molecule has 0 amide bonds. The number of hydrogen-bond acceptors (Lipinski definition) is 4. The Morgan fingerprint density at radius 1 is 1.40 bits per heavy atom. The molecule has 2 aliphatic rings. The van der Waals surface area contributed by atoms with Crippen LogP contribution in [0.3, 0.4) is 0 Å². The number of benzene rings is 1. The predicted octanol–water partition coefficient (Wildman–Crippen LogP) is 3.08. The Morgan fingerprint density at radius 3 is 3.04 bits per heavy atom. The first kappa shape index (κ1) is 16.3. The van der Waals surface area contributed by atoms with Gasteiger partial charge in [0.05, 0.1) is 31.1 Å². The quantitative estimate of drug-likeness (QED) is 0.909. The summed E-state index contributed by atoms with van der Waals surface area (Å²) in [6.07, 6.45) is 1.70. The van der Waals surface area contributed by atoms with Crippen molar-refractivity contribution in [3.63, 3.8) is 0 Å².